The molecule has 0 fully saturated rings. The molecule has 0 spiro atoms. The first-order valence-corrected chi connectivity index (χ1v) is 7.27. The number of imidazole rings is 1. The number of anilines is 2. The number of nitrogen functional groups attached to an aromatic ring is 1. The Morgan fingerprint density at radius 3 is 2.80 bits per heavy atom. The van der Waals surface area contributed by atoms with Crippen molar-refractivity contribution >= 4 is 11.5 Å². The molecular formula is C16H22N4. The van der Waals surface area contributed by atoms with Crippen molar-refractivity contribution in [3.63, 3.8) is 0 Å². The molecule has 3 rings (SSSR count). The van der Waals surface area contributed by atoms with E-state index in [-0.39, 0.29) is 0 Å². The van der Waals surface area contributed by atoms with Crippen LogP contribution in [0.15, 0.2) is 18.2 Å². The molecule has 1 aliphatic heterocycles. The molecule has 1 aromatic carbocycles. The van der Waals surface area contributed by atoms with Crippen molar-refractivity contribution in [2.45, 2.75) is 26.2 Å². The normalized spacial score (nSPS) is 14.4. The third-order valence-electron chi connectivity index (χ3n) is 4.25. The summed E-state index contributed by atoms with van der Waals surface area (Å²) in [6.45, 7) is 3.24. The summed E-state index contributed by atoms with van der Waals surface area (Å²) in [5.41, 5.74) is 11.0. The quantitative estimate of drug-likeness (QED) is 0.912. The summed E-state index contributed by atoms with van der Waals surface area (Å²) in [5, 5.41) is 0. The van der Waals surface area contributed by atoms with E-state index in [4.69, 9.17) is 10.7 Å². The Balaban J connectivity index is 2.07. The van der Waals surface area contributed by atoms with Gasteiger partial charge in [-0.25, -0.2) is 4.98 Å². The lowest BCUT2D eigenvalue weighted by Gasteiger charge is -2.27. The van der Waals surface area contributed by atoms with Crippen LogP contribution < -0.4 is 10.6 Å². The summed E-state index contributed by atoms with van der Waals surface area (Å²) in [7, 11) is 4.14. The van der Waals surface area contributed by atoms with Gasteiger partial charge in [0.1, 0.15) is 17.3 Å². The van der Waals surface area contributed by atoms with Gasteiger partial charge in [-0.3, -0.25) is 0 Å². The third kappa shape index (κ3) is 1.96. The van der Waals surface area contributed by atoms with E-state index in [1.54, 1.807) is 0 Å². The highest BCUT2D eigenvalue weighted by atomic mass is 15.1. The number of aromatic nitrogens is 2. The van der Waals surface area contributed by atoms with Gasteiger partial charge in [-0.2, -0.15) is 0 Å². The van der Waals surface area contributed by atoms with Crippen LogP contribution in [0.4, 0.5) is 11.5 Å². The Morgan fingerprint density at radius 2 is 2.10 bits per heavy atom. The summed E-state index contributed by atoms with van der Waals surface area (Å²) < 4.78 is 1.99. The molecule has 2 N–H and O–H groups in total. The van der Waals surface area contributed by atoms with Crippen molar-refractivity contribution < 1.29 is 0 Å². The van der Waals surface area contributed by atoms with E-state index in [1.807, 2.05) is 11.6 Å². The lowest BCUT2D eigenvalue weighted by molar-refractivity contribution is 0.745. The fraction of sp³-hybridized carbons (Fsp3) is 0.438. The molecule has 0 atom stereocenters. The minimum Gasteiger partial charge on any atom is -0.383 e. The Morgan fingerprint density at radius 1 is 1.30 bits per heavy atom. The number of nitrogens with zero attached hydrogens (tertiary/aromatic N) is 3. The zero-order chi connectivity index (χ0) is 14.3. The van der Waals surface area contributed by atoms with E-state index in [9.17, 15) is 0 Å². The first-order chi connectivity index (χ1) is 9.61. The molecule has 0 radical (unpaired) electrons. The molecule has 106 valence electrons. The average molecular weight is 270 g/mol. The first-order valence-electron chi connectivity index (χ1n) is 7.27. The van der Waals surface area contributed by atoms with Gasteiger partial charge in [0.25, 0.3) is 0 Å². The van der Waals surface area contributed by atoms with Gasteiger partial charge in [0.05, 0.1) is 0 Å². The van der Waals surface area contributed by atoms with Crippen molar-refractivity contribution in [1.82, 2.24) is 9.55 Å². The molecule has 0 saturated carbocycles. The molecule has 4 heteroatoms. The average Bonchev–Trinajstić information content (AvgIpc) is 2.75. The molecule has 0 unspecified atom stereocenters. The lowest BCUT2D eigenvalue weighted by Crippen LogP contribution is -2.24. The molecule has 2 heterocycles. The van der Waals surface area contributed by atoms with Crippen LogP contribution in [0.25, 0.3) is 11.3 Å². The van der Waals surface area contributed by atoms with Gasteiger partial charge in [0, 0.05) is 38.3 Å². The first kappa shape index (κ1) is 13.0. The van der Waals surface area contributed by atoms with Gasteiger partial charge in [0.2, 0.25) is 0 Å². The molecule has 0 saturated heterocycles. The highest BCUT2D eigenvalue weighted by Crippen LogP contribution is 2.32. The SMILES string of the molecule is CCc1nc(-c2ccc3c(c2)CCCN3C)c(N)n1C. The van der Waals surface area contributed by atoms with Crippen molar-refractivity contribution in [3.05, 3.63) is 29.6 Å². The predicted molar refractivity (Wildman–Crippen MR) is 84.0 cm³/mol. The second-order valence-electron chi connectivity index (χ2n) is 5.54. The Bertz CT molecular complexity index is 642. The lowest BCUT2D eigenvalue weighted by atomic mass is 9.98. The van der Waals surface area contributed by atoms with Crippen LogP contribution in [0, 0.1) is 0 Å². The number of hydrogen-bond donors (Lipinski definition) is 1. The maximum Gasteiger partial charge on any atom is 0.131 e. The number of benzene rings is 1. The van der Waals surface area contributed by atoms with Crippen LogP contribution in [-0.2, 0) is 19.9 Å². The number of hydrogen-bond acceptors (Lipinski definition) is 3. The Hall–Kier alpha value is -1.97. The maximum absolute atomic E-state index is 6.20. The van der Waals surface area contributed by atoms with Gasteiger partial charge >= 0.3 is 0 Å². The van der Waals surface area contributed by atoms with Crippen molar-refractivity contribution in [2.24, 2.45) is 7.05 Å². The minimum atomic E-state index is 0.756. The smallest absolute Gasteiger partial charge is 0.131 e. The fourth-order valence-electron chi connectivity index (χ4n) is 3.02. The summed E-state index contributed by atoms with van der Waals surface area (Å²) in [6.07, 6.45) is 3.25. The second kappa shape index (κ2) is 4.85. The van der Waals surface area contributed by atoms with Crippen LogP contribution in [-0.4, -0.2) is 23.1 Å². The van der Waals surface area contributed by atoms with Gasteiger partial charge in [0.15, 0.2) is 0 Å². The molecule has 1 aliphatic rings. The summed E-state index contributed by atoms with van der Waals surface area (Å²) in [4.78, 5) is 7.01. The minimum absolute atomic E-state index is 0.756. The van der Waals surface area contributed by atoms with Crippen LogP contribution >= 0.6 is 0 Å². The molecule has 1 aromatic heterocycles. The van der Waals surface area contributed by atoms with E-state index in [1.165, 1.54) is 17.7 Å². The van der Waals surface area contributed by atoms with Gasteiger partial charge < -0.3 is 15.2 Å². The van der Waals surface area contributed by atoms with Crippen molar-refractivity contribution in [1.29, 1.82) is 0 Å². The van der Waals surface area contributed by atoms with Crippen LogP contribution in [0.3, 0.4) is 0 Å². The zero-order valence-corrected chi connectivity index (χ0v) is 12.5. The molecule has 0 aliphatic carbocycles. The predicted octanol–water partition coefficient (Wildman–Crippen LogP) is 2.61. The monoisotopic (exact) mass is 270 g/mol. The summed E-state index contributed by atoms with van der Waals surface area (Å²) in [6, 6.07) is 6.59. The van der Waals surface area contributed by atoms with Crippen LogP contribution in [0.1, 0.15) is 24.7 Å². The van der Waals surface area contributed by atoms with E-state index in [0.717, 1.165) is 42.3 Å². The van der Waals surface area contributed by atoms with E-state index in [0.29, 0.717) is 0 Å². The number of rotatable bonds is 2. The summed E-state index contributed by atoms with van der Waals surface area (Å²) >= 11 is 0. The fourth-order valence-corrected chi connectivity index (χ4v) is 3.02. The second-order valence-corrected chi connectivity index (χ2v) is 5.54. The molecule has 0 bridgehead atoms. The molecular weight excluding hydrogens is 248 g/mol. The topological polar surface area (TPSA) is 47.1 Å². The molecule has 4 nitrogen and oxygen atoms in total. The zero-order valence-electron chi connectivity index (χ0n) is 12.5. The molecule has 0 amide bonds. The number of aryl methyl sites for hydroxylation is 2. The van der Waals surface area contributed by atoms with Gasteiger partial charge in [-0.1, -0.05) is 13.0 Å². The van der Waals surface area contributed by atoms with Crippen LogP contribution in [0.5, 0.6) is 0 Å². The van der Waals surface area contributed by atoms with Gasteiger partial charge in [-0.05, 0) is 30.5 Å². The van der Waals surface area contributed by atoms with Gasteiger partial charge in [-0.15, -0.1) is 0 Å². The Labute approximate surface area is 120 Å². The highest BCUT2D eigenvalue weighted by molar-refractivity contribution is 5.74. The van der Waals surface area contributed by atoms with E-state index >= 15 is 0 Å². The highest BCUT2D eigenvalue weighted by Gasteiger charge is 2.17. The van der Waals surface area contributed by atoms with Crippen LogP contribution in [0.2, 0.25) is 0 Å². The van der Waals surface area contributed by atoms with Crippen molar-refractivity contribution in [2.75, 3.05) is 24.2 Å². The molecule has 2 aromatic rings. The Kier molecular flexibility index (Phi) is 3.16. The molecule has 20 heavy (non-hydrogen) atoms. The largest absolute Gasteiger partial charge is 0.383 e. The number of nitrogens with two attached hydrogens (primary N) is 1. The summed E-state index contributed by atoms with van der Waals surface area (Å²) in [5.74, 6) is 1.79. The third-order valence-corrected chi connectivity index (χ3v) is 4.25. The van der Waals surface area contributed by atoms with E-state index < -0.39 is 0 Å². The standard InChI is InChI=1S/C16H22N4/c1-4-14-18-15(16(17)20(14)3)12-7-8-13-11(10-12)6-5-9-19(13)2/h7-8,10H,4-6,9,17H2,1-3H3. The number of fused-ring (bicyclic) bond motifs is 1. The maximum atomic E-state index is 6.20. The van der Waals surface area contributed by atoms with Crippen molar-refractivity contribution in [3.8, 4) is 11.3 Å². The van der Waals surface area contributed by atoms with E-state index in [2.05, 4.69) is 37.1 Å².